The summed E-state index contributed by atoms with van der Waals surface area (Å²) in [5, 5.41) is 5.81. The Morgan fingerprint density at radius 1 is 1.26 bits per heavy atom. The van der Waals surface area contributed by atoms with Gasteiger partial charge < -0.3 is 20.1 Å². The third kappa shape index (κ3) is 4.83. The molecule has 0 bridgehead atoms. The van der Waals surface area contributed by atoms with Crippen molar-refractivity contribution in [3.05, 3.63) is 16.0 Å². The van der Waals surface area contributed by atoms with Gasteiger partial charge in [0.2, 0.25) is 11.8 Å². The van der Waals surface area contributed by atoms with Crippen LogP contribution in [0.2, 0.25) is 0 Å². The molecule has 1 saturated heterocycles. The first-order valence-corrected chi connectivity index (χ1v) is 9.16. The van der Waals surface area contributed by atoms with Crippen molar-refractivity contribution < 1.29 is 28.7 Å². The SMILES string of the molecule is COC(=O)C[C@H]1C(=O)NCCN1CC(=O)Nc1sc(C)c(C)c1C(=O)OC. The lowest BCUT2D eigenvalue weighted by atomic mass is 10.1. The van der Waals surface area contributed by atoms with E-state index in [0.717, 1.165) is 10.4 Å². The number of rotatable bonds is 6. The number of nitrogens with one attached hydrogen (secondary N) is 2. The zero-order valence-electron chi connectivity index (χ0n) is 15.7. The minimum atomic E-state index is -0.774. The number of amides is 2. The highest BCUT2D eigenvalue weighted by molar-refractivity contribution is 7.16. The molecule has 0 radical (unpaired) electrons. The van der Waals surface area contributed by atoms with Crippen LogP contribution in [0.25, 0.3) is 0 Å². The number of hydrogen-bond acceptors (Lipinski definition) is 8. The molecular formula is C17H23N3O6S. The summed E-state index contributed by atoms with van der Waals surface area (Å²) >= 11 is 1.29. The van der Waals surface area contributed by atoms with Crippen LogP contribution in [0.3, 0.4) is 0 Å². The molecular weight excluding hydrogens is 374 g/mol. The predicted octanol–water partition coefficient (Wildman–Crippen LogP) is 0.454. The van der Waals surface area contributed by atoms with E-state index in [2.05, 4.69) is 15.4 Å². The largest absolute Gasteiger partial charge is 0.469 e. The molecule has 2 N–H and O–H groups in total. The molecule has 0 aromatic carbocycles. The molecule has 27 heavy (non-hydrogen) atoms. The van der Waals surface area contributed by atoms with Gasteiger partial charge in [0, 0.05) is 18.0 Å². The molecule has 0 aliphatic carbocycles. The highest BCUT2D eigenvalue weighted by atomic mass is 32.1. The third-order valence-electron chi connectivity index (χ3n) is 4.40. The molecule has 10 heteroatoms. The lowest BCUT2D eigenvalue weighted by molar-refractivity contribution is -0.146. The Labute approximate surface area is 161 Å². The normalized spacial score (nSPS) is 17.2. The van der Waals surface area contributed by atoms with E-state index >= 15 is 0 Å². The number of anilines is 1. The molecule has 1 aliphatic rings. The summed E-state index contributed by atoms with van der Waals surface area (Å²) in [6.07, 6.45) is -0.139. The standard InChI is InChI=1S/C17H23N3O6S/c1-9-10(2)27-16(14(9)17(24)26-4)19-12(21)8-20-6-5-18-15(23)11(20)7-13(22)25-3/h11H,5-8H2,1-4H3,(H,18,23)(H,19,21)/t11-/m0/s1. The Morgan fingerprint density at radius 2 is 1.96 bits per heavy atom. The Balaban J connectivity index is 2.12. The fourth-order valence-electron chi connectivity index (χ4n) is 2.83. The fourth-order valence-corrected chi connectivity index (χ4v) is 3.89. The van der Waals surface area contributed by atoms with Crippen molar-refractivity contribution in [1.29, 1.82) is 0 Å². The van der Waals surface area contributed by atoms with Crippen molar-refractivity contribution in [2.45, 2.75) is 26.3 Å². The second-order valence-electron chi connectivity index (χ2n) is 6.08. The van der Waals surface area contributed by atoms with E-state index < -0.39 is 18.0 Å². The molecule has 1 aliphatic heterocycles. The summed E-state index contributed by atoms with van der Waals surface area (Å²) in [5.41, 5.74) is 1.08. The molecule has 148 valence electrons. The van der Waals surface area contributed by atoms with Crippen molar-refractivity contribution in [2.24, 2.45) is 0 Å². The van der Waals surface area contributed by atoms with Gasteiger partial charge in [-0.3, -0.25) is 19.3 Å². The van der Waals surface area contributed by atoms with Crippen molar-refractivity contribution >= 4 is 40.1 Å². The summed E-state index contributed by atoms with van der Waals surface area (Å²) in [4.78, 5) is 50.7. The molecule has 1 atom stereocenters. The number of aryl methyl sites for hydroxylation is 1. The Hall–Kier alpha value is -2.46. The monoisotopic (exact) mass is 397 g/mol. The number of hydrogen-bond donors (Lipinski definition) is 2. The Kier molecular flexibility index (Phi) is 6.92. The van der Waals surface area contributed by atoms with Crippen LogP contribution in [0.15, 0.2) is 0 Å². The number of ether oxygens (including phenoxy) is 2. The number of thiophene rings is 1. The van der Waals surface area contributed by atoms with Crippen LogP contribution in [-0.4, -0.2) is 68.5 Å². The van der Waals surface area contributed by atoms with E-state index in [4.69, 9.17) is 4.74 Å². The summed E-state index contributed by atoms with van der Waals surface area (Å²) in [5.74, 6) is -1.75. The van der Waals surface area contributed by atoms with Crippen molar-refractivity contribution in [3.63, 3.8) is 0 Å². The first-order chi connectivity index (χ1) is 12.8. The molecule has 1 aromatic rings. The van der Waals surface area contributed by atoms with Crippen LogP contribution in [0, 0.1) is 13.8 Å². The van der Waals surface area contributed by atoms with Crippen LogP contribution in [0.5, 0.6) is 0 Å². The van der Waals surface area contributed by atoms with Crippen LogP contribution in [-0.2, 0) is 23.9 Å². The predicted molar refractivity (Wildman–Crippen MR) is 98.8 cm³/mol. The first kappa shape index (κ1) is 20.8. The van der Waals surface area contributed by atoms with E-state index in [1.54, 1.807) is 11.8 Å². The highest BCUT2D eigenvalue weighted by Gasteiger charge is 2.33. The number of methoxy groups -OCH3 is 2. The maximum atomic E-state index is 12.5. The summed E-state index contributed by atoms with van der Waals surface area (Å²) in [6, 6.07) is -0.774. The molecule has 2 rings (SSSR count). The fraction of sp³-hybridized carbons (Fsp3) is 0.529. The molecule has 9 nitrogen and oxygen atoms in total. The lowest BCUT2D eigenvalue weighted by Crippen LogP contribution is -2.57. The van der Waals surface area contributed by atoms with Gasteiger partial charge in [0.1, 0.15) is 11.0 Å². The van der Waals surface area contributed by atoms with Gasteiger partial charge in [-0.25, -0.2) is 4.79 Å². The van der Waals surface area contributed by atoms with E-state index in [9.17, 15) is 19.2 Å². The molecule has 0 spiro atoms. The maximum absolute atomic E-state index is 12.5. The highest BCUT2D eigenvalue weighted by Crippen LogP contribution is 2.32. The van der Waals surface area contributed by atoms with Crippen molar-refractivity contribution in [1.82, 2.24) is 10.2 Å². The Bertz CT molecular complexity index is 760. The molecule has 0 unspecified atom stereocenters. The number of carbonyl (C=O) groups excluding carboxylic acids is 4. The second-order valence-corrected chi connectivity index (χ2v) is 7.31. The molecule has 2 amide bonds. The number of piperazine rings is 1. The van der Waals surface area contributed by atoms with Crippen LogP contribution in [0.1, 0.15) is 27.2 Å². The van der Waals surface area contributed by atoms with Crippen molar-refractivity contribution in [3.8, 4) is 0 Å². The Morgan fingerprint density at radius 3 is 2.59 bits per heavy atom. The smallest absolute Gasteiger partial charge is 0.341 e. The van der Waals surface area contributed by atoms with E-state index in [-0.39, 0.29) is 24.8 Å². The molecule has 1 aromatic heterocycles. The molecule has 2 heterocycles. The number of carbonyl (C=O) groups is 4. The van der Waals surface area contributed by atoms with Gasteiger partial charge in [-0.05, 0) is 19.4 Å². The number of nitrogens with zero attached hydrogens (tertiary/aromatic N) is 1. The number of esters is 2. The van der Waals surface area contributed by atoms with Gasteiger partial charge in [-0.15, -0.1) is 11.3 Å². The zero-order valence-corrected chi connectivity index (χ0v) is 16.5. The van der Waals surface area contributed by atoms with E-state index in [1.807, 2.05) is 6.92 Å². The average molecular weight is 397 g/mol. The van der Waals surface area contributed by atoms with Crippen LogP contribution < -0.4 is 10.6 Å². The van der Waals surface area contributed by atoms with Gasteiger partial charge in [0.05, 0.1) is 32.7 Å². The summed E-state index contributed by atoms with van der Waals surface area (Å²) in [6.45, 7) is 4.35. The van der Waals surface area contributed by atoms with E-state index in [0.29, 0.717) is 23.7 Å². The van der Waals surface area contributed by atoms with Crippen LogP contribution >= 0.6 is 11.3 Å². The van der Waals surface area contributed by atoms with Crippen LogP contribution in [0.4, 0.5) is 5.00 Å². The third-order valence-corrected chi connectivity index (χ3v) is 5.53. The van der Waals surface area contributed by atoms with Gasteiger partial charge in [-0.1, -0.05) is 0 Å². The van der Waals surface area contributed by atoms with Crippen molar-refractivity contribution in [2.75, 3.05) is 39.2 Å². The quantitative estimate of drug-likeness (QED) is 0.670. The first-order valence-electron chi connectivity index (χ1n) is 8.35. The topological polar surface area (TPSA) is 114 Å². The maximum Gasteiger partial charge on any atom is 0.341 e. The van der Waals surface area contributed by atoms with E-state index in [1.165, 1.54) is 25.6 Å². The summed E-state index contributed by atoms with van der Waals surface area (Å²) < 4.78 is 9.42. The van der Waals surface area contributed by atoms with Gasteiger partial charge >= 0.3 is 11.9 Å². The molecule has 1 fully saturated rings. The minimum absolute atomic E-state index is 0.0916. The van der Waals surface area contributed by atoms with Gasteiger partial charge in [0.15, 0.2) is 0 Å². The van der Waals surface area contributed by atoms with Gasteiger partial charge in [-0.2, -0.15) is 0 Å². The zero-order chi connectivity index (χ0) is 20.1. The molecule has 0 saturated carbocycles. The average Bonchev–Trinajstić information content (AvgIpc) is 2.90. The van der Waals surface area contributed by atoms with Gasteiger partial charge in [0.25, 0.3) is 0 Å². The lowest BCUT2D eigenvalue weighted by Gasteiger charge is -2.33. The second kappa shape index (κ2) is 8.96. The minimum Gasteiger partial charge on any atom is -0.469 e. The summed E-state index contributed by atoms with van der Waals surface area (Å²) in [7, 11) is 2.53.